The van der Waals surface area contributed by atoms with Crippen molar-refractivity contribution in [3.63, 3.8) is 0 Å². The average Bonchev–Trinajstić information content (AvgIpc) is 1.23. The van der Waals surface area contributed by atoms with Gasteiger partial charge in [0.25, 0.3) is 0 Å². The van der Waals surface area contributed by atoms with Gasteiger partial charge in [0, 0.05) is 6.04 Å². The van der Waals surface area contributed by atoms with Gasteiger partial charge >= 0.3 is 0 Å². The summed E-state index contributed by atoms with van der Waals surface area (Å²) >= 11 is 0. The van der Waals surface area contributed by atoms with Gasteiger partial charge in [0.2, 0.25) is 0 Å². The monoisotopic (exact) mass is 101 g/mol. The van der Waals surface area contributed by atoms with Gasteiger partial charge in [0.15, 0.2) is 0 Å². The van der Waals surface area contributed by atoms with Crippen LogP contribution >= 0.6 is 0 Å². The Morgan fingerprint density at radius 2 is 2.43 bits per heavy atom. The van der Waals surface area contributed by atoms with E-state index in [2.05, 4.69) is 5.32 Å². The van der Waals surface area contributed by atoms with Gasteiger partial charge in [0.1, 0.15) is 0 Å². The molecule has 1 aliphatic heterocycles. The van der Waals surface area contributed by atoms with Crippen molar-refractivity contribution in [1.82, 2.24) is 5.32 Å². The first-order chi connectivity index (χ1) is 3.30. The Labute approximate surface area is 43.5 Å². The molecule has 2 atom stereocenters. The van der Waals surface area contributed by atoms with Crippen molar-refractivity contribution in [3.05, 3.63) is 0 Å². The van der Waals surface area contributed by atoms with Gasteiger partial charge in [-0.3, -0.25) is 0 Å². The summed E-state index contributed by atoms with van der Waals surface area (Å²) in [5.74, 6) is 0. The molecule has 1 fully saturated rings. The third-order valence-corrected chi connectivity index (χ3v) is 1.44. The molecule has 1 aliphatic rings. The normalized spacial score (nSPS) is 34.3. The molecule has 2 nitrogen and oxygen atoms in total. The Morgan fingerprint density at radius 3 is 2.43 bits per heavy atom. The van der Waals surface area contributed by atoms with Crippen LogP contribution in [-0.4, -0.2) is 23.8 Å². The average molecular weight is 101 g/mol. The second-order valence-electron chi connectivity index (χ2n) is 2.09. The zero-order valence-corrected chi connectivity index (χ0v) is 4.52. The minimum absolute atomic E-state index is 0.159. The van der Waals surface area contributed by atoms with Gasteiger partial charge in [-0.15, -0.1) is 0 Å². The highest BCUT2D eigenvalue weighted by Gasteiger charge is 2.20. The van der Waals surface area contributed by atoms with Crippen LogP contribution in [-0.2, 0) is 0 Å². The predicted octanol–water partition coefficient (Wildman–Crippen LogP) is -0.271. The van der Waals surface area contributed by atoms with Crippen LogP contribution in [0.25, 0.3) is 0 Å². The summed E-state index contributed by atoms with van der Waals surface area (Å²) in [6.07, 6.45) is 0.978. The van der Waals surface area contributed by atoms with Crippen molar-refractivity contribution in [1.29, 1.82) is 0 Å². The van der Waals surface area contributed by atoms with Crippen LogP contribution < -0.4 is 5.32 Å². The number of aliphatic hydroxyl groups excluding tert-OH is 1. The second kappa shape index (κ2) is 1.80. The highest BCUT2D eigenvalue weighted by molar-refractivity contribution is 4.81. The van der Waals surface area contributed by atoms with Crippen LogP contribution in [0.1, 0.15) is 13.3 Å². The minimum atomic E-state index is -0.159. The van der Waals surface area contributed by atoms with E-state index in [9.17, 15) is 0 Å². The molecule has 0 bridgehead atoms. The maximum absolute atomic E-state index is 8.81. The molecule has 0 radical (unpaired) electrons. The fourth-order valence-electron chi connectivity index (χ4n) is 0.723. The smallest absolute Gasteiger partial charge is 0.0665 e. The van der Waals surface area contributed by atoms with Gasteiger partial charge in [-0.25, -0.2) is 0 Å². The van der Waals surface area contributed by atoms with E-state index in [4.69, 9.17) is 5.11 Å². The predicted molar refractivity (Wildman–Crippen MR) is 28.1 cm³/mol. The topological polar surface area (TPSA) is 32.3 Å². The highest BCUT2D eigenvalue weighted by atomic mass is 16.3. The van der Waals surface area contributed by atoms with Crippen LogP contribution in [0.5, 0.6) is 0 Å². The summed E-state index contributed by atoms with van der Waals surface area (Å²) in [5.41, 5.74) is 0. The molecule has 42 valence electrons. The summed E-state index contributed by atoms with van der Waals surface area (Å²) < 4.78 is 0. The first-order valence-electron chi connectivity index (χ1n) is 2.72. The Kier molecular flexibility index (Phi) is 1.30. The molecule has 1 saturated heterocycles. The fourth-order valence-corrected chi connectivity index (χ4v) is 0.723. The minimum Gasteiger partial charge on any atom is -0.392 e. The van der Waals surface area contributed by atoms with Gasteiger partial charge in [-0.1, -0.05) is 0 Å². The molecule has 1 rings (SSSR count). The lowest BCUT2D eigenvalue weighted by atomic mass is 10.0. The van der Waals surface area contributed by atoms with E-state index in [1.165, 1.54) is 0 Å². The summed E-state index contributed by atoms with van der Waals surface area (Å²) in [5, 5.41) is 11.9. The van der Waals surface area contributed by atoms with Crippen LogP contribution in [0.3, 0.4) is 0 Å². The van der Waals surface area contributed by atoms with E-state index in [0.717, 1.165) is 13.0 Å². The number of nitrogens with one attached hydrogen (secondary N) is 1. The third-order valence-electron chi connectivity index (χ3n) is 1.44. The van der Waals surface area contributed by atoms with Gasteiger partial charge < -0.3 is 10.4 Å². The molecule has 0 saturated carbocycles. The molecule has 2 N–H and O–H groups in total. The molecule has 0 aromatic carbocycles. The van der Waals surface area contributed by atoms with E-state index in [1.54, 1.807) is 0 Å². The van der Waals surface area contributed by atoms with E-state index < -0.39 is 0 Å². The SMILES string of the molecule is CC(O)[C@@H]1CCN1. The molecule has 1 unspecified atom stereocenters. The number of hydrogen-bond donors (Lipinski definition) is 2. The zero-order chi connectivity index (χ0) is 5.28. The van der Waals surface area contributed by atoms with Gasteiger partial charge in [-0.2, -0.15) is 0 Å². The largest absolute Gasteiger partial charge is 0.392 e. The summed E-state index contributed by atoms with van der Waals surface area (Å²) in [6, 6.07) is 0.389. The Bertz CT molecular complexity index is 59.1. The fraction of sp³-hybridized carbons (Fsp3) is 1.00. The molecule has 0 aromatic rings. The van der Waals surface area contributed by atoms with Gasteiger partial charge in [-0.05, 0) is 19.9 Å². The van der Waals surface area contributed by atoms with Crippen molar-refractivity contribution in [2.45, 2.75) is 25.5 Å². The maximum Gasteiger partial charge on any atom is 0.0665 e. The van der Waals surface area contributed by atoms with Crippen LogP contribution in [0.2, 0.25) is 0 Å². The number of aliphatic hydroxyl groups is 1. The van der Waals surface area contributed by atoms with Gasteiger partial charge in [0.05, 0.1) is 6.10 Å². The first-order valence-corrected chi connectivity index (χ1v) is 2.72. The van der Waals surface area contributed by atoms with E-state index in [0.29, 0.717) is 6.04 Å². The van der Waals surface area contributed by atoms with Crippen LogP contribution in [0, 0.1) is 0 Å². The standard InChI is InChI=1S/C5H11NO/c1-4(7)5-2-3-6-5/h4-7H,2-3H2,1H3/t4?,5-/m0/s1. The third kappa shape index (κ3) is 0.924. The molecule has 7 heavy (non-hydrogen) atoms. The molecule has 0 amide bonds. The molecule has 2 heteroatoms. The maximum atomic E-state index is 8.81. The Hall–Kier alpha value is -0.0800. The van der Waals surface area contributed by atoms with Crippen LogP contribution in [0.4, 0.5) is 0 Å². The van der Waals surface area contributed by atoms with Crippen molar-refractivity contribution in [3.8, 4) is 0 Å². The Morgan fingerprint density at radius 1 is 1.86 bits per heavy atom. The lowest BCUT2D eigenvalue weighted by Gasteiger charge is -2.29. The second-order valence-corrected chi connectivity index (χ2v) is 2.09. The van der Waals surface area contributed by atoms with Crippen molar-refractivity contribution >= 4 is 0 Å². The number of rotatable bonds is 1. The quantitative estimate of drug-likeness (QED) is 0.476. The Balaban J connectivity index is 2.14. The van der Waals surface area contributed by atoms with E-state index in [-0.39, 0.29) is 6.10 Å². The molecular formula is C5H11NO. The number of hydrogen-bond acceptors (Lipinski definition) is 2. The molecule has 0 spiro atoms. The highest BCUT2D eigenvalue weighted by Crippen LogP contribution is 2.05. The van der Waals surface area contributed by atoms with E-state index in [1.807, 2.05) is 6.92 Å². The van der Waals surface area contributed by atoms with Crippen molar-refractivity contribution < 1.29 is 5.11 Å². The molecule has 1 heterocycles. The summed E-state index contributed by atoms with van der Waals surface area (Å²) in [7, 11) is 0. The van der Waals surface area contributed by atoms with Crippen molar-refractivity contribution in [2.75, 3.05) is 6.54 Å². The zero-order valence-electron chi connectivity index (χ0n) is 4.52. The summed E-state index contributed by atoms with van der Waals surface area (Å²) in [4.78, 5) is 0. The molecular weight excluding hydrogens is 90.1 g/mol. The van der Waals surface area contributed by atoms with E-state index >= 15 is 0 Å². The van der Waals surface area contributed by atoms with Crippen molar-refractivity contribution in [2.24, 2.45) is 0 Å². The lowest BCUT2D eigenvalue weighted by Crippen LogP contribution is -2.49. The summed E-state index contributed by atoms with van der Waals surface area (Å²) in [6.45, 7) is 2.90. The lowest BCUT2D eigenvalue weighted by molar-refractivity contribution is 0.111. The molecule has 0 aliphatic carbocycles. The first kappa shape index (κ1) is 5.06. The molecule has 0 aromatic heterocycles. The van der Waals surface area contributed by atoms with Crippen LogP contribution in [0.15, 0.2) is 0 Å².